The van der Waals surface area contributed by atoms with Crippen LogP contribution in [0.1, 0.15) is 18.4 Å². The molecule has 0 aromatic heterocycles. The zero-order valence-electron chi connectivity index (χ0n) is 20.3. The van der Waals surface area contributed by atoms with Crippen molar-refractivity contribution in [3.63, 3.8) is 0 Å². The summed E-state index contributed by atoms with van der Waals surface area (Å²) in [5.74, 6) is -2.71. The topological polar surface area (TPSA) is 137 Å². The molecule has 194 valence electrons. The predicted octanol–water partition coefficient (Wildman–Crippen LogP) is 2.55. The van der Waals surface area contributed by atoms with Gasteiger partial charge in [0.15, 0.2) is 0 Å². The monoisotopic (exact) mass is 500 g/mol. The van der Waals surface area contributed by atoms with E-state index in [-0.39, 0.29) is 10.6 Å². The molecule has 2 aromatic rings. The number of likely N-dealkylation sites (tertiary alicyclic amines) is 1. The smallest absolute Gasteiger partial charge is 0.414 e. The van der Waals surface area contributed by atoms with Crippen molar-refractivity contribution < 1.29 is 29.5 Å². The number of anilines is 1. The first kappa shape index (κ1) is 26.9. The van der Waals surface area contributed by atoms with E-state index in [0.717, 1.165) is 63.4 Å². The van der Waals surface area contributed by atoms with Crippen molar-refractivity contribution in [1.29, 1.82) is 0 Å². The molecule has 11 nitrogen and oxygen atoms in total. The number of hydrogen-bond donors (Lipinski definition) is 2. The summed E-state index contributed by atoms with van der Waals surface area (Å²) in [5.41, 5.74) is 2.22. The van der Waals surface area contributed by atoms with Crippen LogP contribution >= 0.6 is 0 Å². The van der Waals surface area contributed by atoms with Gasteiger partial charge in [-0.25, -0.2) is 9.59 Å². The Morgan fingerprint density at radius 2 is 1.53 bits per heavy atom. The molecule has 2 N–H and O–H groups in total. The Bertz CT molecular complexity index is 1040. The lowest BCUT2D eigenvalue weighted by atomic mass is 10.0. The Kier molecular flexibility index (Phi) is 9.60. The van der Waals surface area contributed by atoms with Gasteiger partial charge in [-0.3, -0.25) is 19.9 Å². The molecule has 0 spiro atoms. The van der Waals surface area contributed by atoms with Crippen molar-refractivity contribution in [3.8, 4) is 5.75 Å². The van der Waals surface area contributed by atoms with Crippen LogP contribution in [0.2, 0.25) is 0 Å². The molecule has 2 heterocycles. The third kappa shape index (κ3) is 7.15. The van der Waals surface area contributed by atoms with Crippen molar-refractivity contribution in [2.24, 2.45) is 0 Å². The SMILES string of the molecule is COc1ccccc1N1CCN(C2CCN(Cc3ccccc3[N+](=O)[O-])CC2)CC1.O=C(O)C(=O)O. The molecule has 2 saturated heterocycles. The van der Waals surface area contributed by atoms with Gasteiger partial charge in [0.1, 0.15) is 5.75 Å². The predicted molar refractivity (Wildman–Crippen MR) is 133 cm³/mol. The number of aliphatic carboxylic acids is 2. The van der Waals surface area contributed by atoms with Crippen molar-refractivity contribution in [2.45, 2.75) is 25.4 Å². The molecule has 11 heteroatoms. The molecule has 2 aromatic carbocycles. The lowest BCUT2D eigenvalue weighted by molar-refractivity contribution is -0.385. The standard InChI is InChI=1S/C23H30N4O3.C2H2O4/c1-30-23-9-5-4-8-22(23)26-16-14-25(15-17-26)20-10-12-24(13-11-20)18-19-6-2-3-7-21(19)27(28)29;3-1(4)2(5)6/h2-9,20H,10-18H2,1H3;(H,3,4)(H,5,6). The minimum Gasteiger partial charge on any atom is -0.495 e. The molecule has 36 heavy (non-hydrogen) atoms. The Labute approximate surface area is 209 Å². The van der Waals surface area contributed by atoms with Gasteiger partial charge in [0.25, 0.3) is 5.69 Å². The number of carboxylic acids is 2. The van der Waals surface area contributed by atoms with Crippen molar-refractivity contribution in [3.05, 3.63) is 64.2 Å². The van der Waals surface area contributed by atoms with E-state index in [1.54, 1.807) is 19.2 Å². The fourth-order valence-corrected chi connectivity index (χ4v) is 4.73. The third-order valence-corrected chi connectivity index (χ3v) is 6.58. The van der Waals surface area contributed by atoms with E-state index >= 15 is 0 Å². The number of nitro benzene ring substituents is 1. The number of nitro groups is 1. The highest BCUT2D eigenvalue weighted by atomic mass is 16.6. The maximum atomic E-state index is 11.3. The molecule has 0 bridgehead atoms. The molecule has 2 fully saturated rings. The Morgan fingerprint density at radius 3 is 2.11 bits per heavy atom. The number of ether oxygens (including phenoxy) is 1. The van der Waals surface area contributed by atoms with E-state index in [1.807, 2.05) is 24.3 Å². The van der Waals surface area contributed by atoms with Crippen LogP contribution in [0.3, 0.4) is 0 Å². The van der Waals surface area contributed by atoms with Crippen molar-refractivity contribution in [1.82, 2.24) is 9.80 Å². The molecule has 0 unspecified atom stereocenters. The van der Waals surface area contributed by atoms with Crippen LogP contribution in [0.5, 0.6) is 5.75 Å². The second kappa shape index (κ2) is 12.8. The van der Waals surface area contributed by atoms with Crippen LogP contribution in [0.15, 0.2) is 48.5 Å². The van der Waals surface area contributed by atoms with Crippen LogP contribution in [0.4, 0.5) is 11.4 Å². The van der Waals surface area contributed by atoms with Crippen molar-refractivity contribution >= 4 is 23.3 Å². The third-order valence-electron chi connectivity index (χ3n) is 6.58. The van der Waals surface area contributed by atoms with Gasteiger partial charge in [-0.15, -0.1) is 0 Å². The lowest BCUT2D eigenvalue weighted by Crippen LogP contribution is -2.53. The van der Waals surface area contributed by atoms with Crippen molar-refractivity contribution in [2.75, 3.05) is 51.3 Å². The van der Waals surface area contributed by atoms with Gasteiger partial charge >= 0.3 is 11.9 Å². The lowest BCUT2D eigenvalue weighted by Gasteiger charge is -2.43. The van der Waals surface area contributed by atoms with Gasteiger partial charge in [0.05, 0.1) is 17.7 Å². The van der Waals surface area contributed by atoms with E-state index in [2.05, 4.69) is 26.8 Å². The molecule has 0 atom stereocenters. The summed E-state index contributed by atoms with van der Waals surface area (Å²) >= 11 is 0. The fourth-order valence-electron chi connectivity index (χ4n) is 4.73. The minimum absolute atomic E-state index is 0.229. The Morgan fingerprint density at radius 1 is 0.944 bits per heavy atom. The summed E-state index contributed by atoms with van der Waals surface area (Å²) in [6, 6.07) is 15.9. The second-order valence-electron chi connectivity index (χ2n) is 8.70. The molecule has 2 aliphatic heterocycles. The van der Waals surface area contributed by atoms with Gasteiger partial charge in [-0.2, -0.15) is 0 Å². The molecule has 4 rings (SSSR count). The number of nitrogens with zero attached hydrogens (tertiary/aromatic N) is 4. The zero-order chi connectivity index (χ0) is 26.1. The average molecular weight is 501 g/mol. The summed E-state index contributed by atoms with van der Waals surface area (Å²) in [7, 11) is 1.73. The first-order valence-electron chi connectivity index (χ1n) is 11.8. The number of hydrogen-bond acceptors (Lipinski definition) is 8. The van der Waals surface area contributed by atoms with Crippen LogP contribution in [0.25, 0.3) is 0 Å². The van der Waals surface area contributed by atoms with Crippen LogP contribution in [-0.2, 0) is 16.1 Å². The molecule has 0 saturated carbocycles. The first-order chi connectivity index (χ1) is 17.3. The second-order valence-corrected chi connectivity index (χ2v) is 8.70. The maximum absolute atomic E-state index is 11.3. The first-order valence-corrected chi connectivity index (χ1v) is 11.8. The quantitative estimate of drug-likeness (QED) is 0.346. The molecule has 0 aliphatic carbocycles. The highest BCUT2D eigenvalue weighted by Gasteiger charge is 2.29. The zero-order valence-corrected chi connectivity index (χ0v) is 20.3. The minimum atomic E-state index is -1.82. The average Bonchev–Trinajstić information content (AvgIpc) is 2.90. The van der Waals surface area contributed by atoms with E-state index < -0.39 is 11.9 Å². The number of para-hydroxylation sites is 3. The number of carboxylic acid groups (broad SMARTS) is 2. The number of piperazine rings is 1. The highest BCUT2D eigenvalue weighted by molar-refractivity contribution is 6.27. The largest absolute Gasteiger partial charge is 0.495 e. The molecule has 0 radical (unpaired) electrons. The van der Waals surface area contributed by atoms with Gasteiger partial charge < -0.3 is 19.8 Å². The van der Waals surface area contributed by atoms with Gasteiger partial charge in [-0.05, 0) is 38.1 Å². The summed E-state index contributed by atoms with van der Waals surface area (Å²) in [4.78, 5) is 36.6. The molecular weight excluding hydrogens is 468 g/mol. The fraction of sp³-hybridized carbons (Fsp3) is 0.440. The molecule has 0 amide bonds. The van der Waals surface area contributed by atoms with Gasteiger partial charge in [0.2, 0.25) is 0 Å². The molecule has 2 aliphatic rings. The van der Waals surface area contributed by atoms with E-state index in [0.29, 0.717) is 12.6 Å². The van der Waals surface area contributed by atoms with Gasteiger partial charge in [-0.1, -0.05) is 30.3 Å². The normalized spacial score (nSPS) is 17.1. The number of piperidine rings is 1. The van der Waals surface area contributed by atoms with E-state index in [4.69, 9.17) is 24.5 Å². The summed E-state index contributed by atoms with van der Waals surface area (Å²) in [6.07, 6.45) is 2.24. The number of methoxy groups -OCH3 is 1. The number of carbonyl (C=O) groups is 2. The Balaban J connectivity index is 0.000000538. The van der Waals surface area contributed by atoms with Crippen LogP contribution in [-0.4, -0.2) is 89.3 Å². The van der Waals surface area contributed by atoms with Crippen LogP contribution in [0, 0.1) is 10.1 Å². The number of benzene rings is 2. The molecular formula is C25H32N4O7. The van der Waals surface area contributed by atoms with Gasteiger partial charge in [0, 0.05) is 50.4 Å². The number of rotatable bonds is 6. The van der Waals surface area contributed by atoms with E-state index in [9.17, 15) is 10.1 Å². The highest BCUT2D eigenvalue weighted by Crippen LogP contribution is 2.29. The van der Waals surface area contributed by atoms with Crippen LogP contribution < -0.4 is 9.64 Å². The summed E-state index contributed by atoms with van der Waals surface area (Å²) in [6.45, 7) is 6.78. The maximum Gasteiger partial charge on any atom is 0.414 e. The summed E-state index contributed by atoms with van der Waals surface area (Å²) in [5, 5.41) is 26.0. The Hall–Kier alpha value is -3.70. The summed E-state index contributed by atoms with van der Waals surface area (Å²) < 4.78 is 5.52. The van der Waals surface area contributed by atoms with E-state index in [1.165, 1.54) is 5.69 Å².